The van der Waals surface area contributed by atoms with Gasteiger partial charge in [0.05, 0.1) is 11.8 Å². The molecule has 1 fully saturated rings. The minimum absolute atomic E-state index is 0.425. The Bertz CT molecular complexity index is 540. The highest BCUT2D eigenvalue weighted by molar-refractivity contribution is 5.65. The zero-order valence-corrected chi connectivity index (χ0v) is 11.7. The standard InChI is InChI=1S/C15H16F3NO3/c16-15(17,18)12-6-4-11(5-7-12)8-10-22-13-3-1-2-9-19(13)14(20)21/h4-8,10,13H,1-3,9H2,(H,20,21). The number of halogens is 3. The molecule has 1 amide bonds. The average Bonchev–Trinajstić information content (AvgIpc) is 2.47. The summed E-state index contributed by atoms with van der Waals surface area (Å²) in [5.41, 5.74) is -0.166. The topological polar surface area (TPSA) is 49.8 Å². The number of hydrogen-bond acceptors (Lipinski definition) is 2. The number of ether oxygens (including phenoxy) is 1. The molecule has 120 valence electrons. The maximum Gasteiger partial charge on any atom is 0.416 e. The van der Waals surface area contributed by atoms with Crippen LogP contribution < -0.4 is 0 Å². The van der Waals surface area contributed by atoms with Crippen LogP contribution in [0.25, 0.3) is 6.08 Å². The van der Waals surface area contributed by atoms with Gasteiger partial charge in [-0.2, -0.15) is 13.2 Å². The molecule has 0 bridgehead atoms. The van der Waals surface area contributed by atoms with Gasteiger partial charge in [0, 0.05) is 13.0 Å². The highest BCUT2D eigenvalue weighted by Gasteiger charge is 2.30. The van der Waals surface area contributed by atoms with Gasteiger partial charge in [0.25, 0.3) is 0 Å². The number of amides is 1. The quantitative estimate of drug-likeness (QED) is 0.851. The van der Waals surface area contributed by atoms with E-state index in [-0.39, 0.29) is 0 Å². The summed E-state index contributed by atoms with van der Waals surface area (Å²) >= 11 is 0. The zero-order chi connectivity index (χ0) is 16.2. The number of rotatable bonds is 3. The summed E-state index contributed by atoms with van der Waals surface area (Å²) in [7, 11) is 0. The first-order valence-corrected chi connectivity index (χ1v) is 6.87. The number of carbonyl (C=O) groups is 1. The van der Waals surface area contributed by atoms with Crippen molar-refractivity contribution in [2.45, 2.75) is 31.7 Å². The zero-order valence-electron chi connectivity index (χ0n) is 11.7. The molecule has 2 rings (SSSR count). The average molecular weight is 315 g/mol. The van der Waals surface area contributed by atoms with Crippen molar-refractivity contribution < 1.29 is 27.8 Å². The van der Waals surface area contributed by atoms with Gasteiger partial charge in [0.2, 0.25) is 0 Å². The van der Waals surface area contributed by atoms with Crippen LogP contribution in [0, 0.1) is 0 Å². The van der Waals surface area contributed by atoms with Gasteiger partial charge in [0.15, 0.2) is 6.23 Å². The summed E-state index contributed by atoms with van der Waals surface area (Å²) in [6.45, 7) is 0.425. The molecule has 1 atom stereocenters. The first-order chi connectivity index (χ1) is 10.4. The highest BCUT2D eigenvalue weighted by Crippen LogP contribution is 2.29. The first-order valence-electron chi connectivity index (χ1n) is 6.87. The Morgan fingerprint density at radius 2 is 1.95 bits per heavy atom. The summed E-state index contributed by atoms with van der Waals surface area (Å²) in [6.07, 6.45) is -0.822. The maximum atomic E-state index is 12.4. The largest absolute Gasteiger partial charge is 0.478 e. The molecule has 1 aromatic rings. The van der Waals surface area contributed by atoms with Gasteiger partial charge in [0.1, 0.15) is 0 Å². The molecule has 7 heteroatoms. The number of piperidine rings is 1. The van der Waals surface area contributed by atoms with E-state index in [0.717, 1.165) is 25.0 Å². The second-order valence-electron chi connectivity index (χ2n) is 4.99. The Morgan fingerprint density at radius 3 is 2.55 bits per heavy atom. The van der Waals surface area contributed by atoms with E-state index >= 15 is 0 Å². The molecule has 0 aliphatic carbocycles. The molecule has 1 saturated heterocycles. The molecule has 1 aliphatic rings. The number of alkyl halides is 3. The van der Waals surface area contributed by atoms with Crippen molar-refractivity contribution in [2.24, 2.45) is 0 Å². The Morgan fingerprint density at radius 1 is 1.27 bits per heavy atom. The molecule has 0 saturated carbocycles. The Balaban J connectivity index is 1.95. The van der Waals surface area contributed by atoms with Gasteiger partial charge in [-0.3, -0.25) is 4.90 Å². The normalized spacial score (nSPS) is 19.4. The fourth-order valence-corrected chi connectivity index (χ4v) is 2.25. The smallest absolute Gasteiger partial charge is 0.416 e. The summed E-state index contributed by atoms with van der Waals surface area (Å²) in [5.74, 6) is 0. The van der Waals surface area contributed by atoms with Crippen molar-refractivity contribution in [2.75, 3.05) is 6.54 Å². The van der Waals surface area contributed by atoms with Crippen LogP contribution in [-0.4, -0.2) is 28.9 Å². The van der Waals surface area contributed by atoms with E-state index in [2.05, 4.69) is 0 Å². The lowest BCUT2D eigenvalue weighted by Crippen LogP contribution is -2.43. The summed E-state index contributed by atoms with van der Waals surface area (Å²) in [6, 6.07) is 4.64. The monoisotopic (exact) mass is 315 g/mol. The van der Waals surface area contributed by atoms with Crippen molar-refractivity contribution in [3.8, 4) is 0 Å². The van der Waals surface area contributed by atoms with Gasteiger partial charge in [-0.25, -0.2) is 4.79 Å². The minimum Gasteiger partial charge on any atom is -0.478 e. The third-order valence-electron chi connectivity index (χ3n) is 3.43. The Labute approximate surface area is 125 Å². The third-order valence-corrected chi connectivity index (χ3v) is 3.43. The number of nitrogens with zero attached hydrogens (tertiary/aromatic N) is 1. The lowest BCUT2D eigenvalue weighted by atomic mass is 10.1. The lowest BCUT2D eigenvalue weighted by Gasteiger charge is -2.32. The molecular weight excluding hydrogens is 299 g/mol. The van der Waals surface area contributed by atoms with E-state index in [4.69, 9.17) is 9.84 Å². The second-order valence-corrected chi connectivity index (χ2v) is 4.99. The van der Waals surface area contributed by atoms with Gasteiger partial charge < -0.3 is 9.84 Å². The molecule has 1 aliphatic heterocycles. The van der Waals surface area contributed by atoms with Gasteiger partial charge >= 0.3 is 12.3 Å². The molecule has 0 radical (unpaired) electrons. The van der Waals surface area contributed by atoms with Crippen molar-refractivity contribution in [3.05, 3.63) is 41.7 Å². The molecule has 0 aromatic heterocycles. The summed E-state index contributed by atoms with van der Waals surface area (Å²) in [4.78, 5) is 12.3. The van der Waals surface area contributed by atoms with Crippen LogP contribution in [0.1, 0.15) is 30.4 Å². The van der Waals surface area contributed by atoms with Crippen molar-refractivity contribution in [1.82, 2.24) is 4.90 Å². The summed E-state index contributed by atoms with van der Waals surface area (Å²) in [5, 5.41) is 9.05. The second kappa shape index (κ2) is 6.72. The highest BCUT2D eigenvalue weighted by atomic mass is 19.4. The van der Waals surface area contributed by atoms with E-state index in [1.807, 2.05) is 0 Å². The number of likely N-dealkylation sites (tertiary alicyclic amines) is 1. The van der Waals surface area contributed by atoms with E-state index < -0.39 is 24.1 Å². The van der Waals surface area contributed by atoms with Crippen LogP contribution in [-0.2, 0) is 10.9 Å². The third kappa shape index (κ3) is 4.16. The molecule has 0 spiro atoms. The number of hydrogen-bond donors (Lipinski definition) is 1. The fourth-order valence-electron chi connectivity index (χ4n) is 2.25. The van der Waals surface area contributed by atoms with Gasteiger partial charge in [-0.15, -0.1) is 0 Å². The molecular formula is C15H16F3NO3. The van der Waals surface area contributed by atoms with Crippen molar-refractivity contribution >= 4 is 12.2 Å². The Kier molecular flexibility index (Phi) is 4.95. The maximum absolute atomic E-state index is 12.4. The predicted octanol–water partition coefficient (Wildman–Crippen LogP) is 4.18. The first kappa shape index (κ1) is 16.2. The molecule has 22 heavy (non-hydrogen) atoms. The molecule has 4 nitrogen and oxygen atoms in total. The van der Waals surface area contributed by atoms with E-state index in [9.17, 15) is 18.0 Å². The Hall–Kier alpha value is -2.18. The number of benzene rings is 1. The van der Waals surface area contributed by atoms with Crippen LogP contribution in [0.2, 0.25) is 0 Å². The van der Waals surface area contributed by atoms with Crippen LogP contribution in [0.15, 0.2) is 30.5 Å². The van der Waals surface area contributed by atoms with Gasteiger partial charge in [-0.1, -0.05) is 12.1 Å². The van der Waals surface area contributed by atoms with Crippen LogP contribution >= 0.6 is 0 Å². The van der Waals surface area contributed by atoms with E-state index in [1.54, 1.807) is 0 Å². The SMILES string of the molecule is O=C(O)N1CCCCC1OC=Cc1ccc(C(F)(F)F)cc1. The molecule has 1 unspecified atom stereocenters. The van der Waals surface area contributed by atoms with Crippen molar-refractivity contribution in [1.29, 1.82) is 0 Å². The molecule has 1 N–H and O–H groups in total. The molecule has 1 heterocycles. The van der Waals surface area contributed by atoms with Crippen molar-refractivity contribution in [3.63, 3.8) is 0 Å². The lowest BCUT2D eigenvalue weighted by molar-refractivity contribution is -0.137. The van der Waals surface area contributed by atoms with E-state index in [0.29, 0.717) is 18.5 Å². The van der Waals surface area contributed by atoms with Crippen LogP contribution in [0.4, 0.5) is 18.0 Å². The van der Waals surface area contributed by atoms with Crippen LogP contribution in [0.3, 0.4) is 0 Å². The number of carboxylic acid groups (broad SMARTS) is 1. The predicted molar refractivity (Wildman–Crippen MR) is 73.9 cm³/mol. The van der Waals surface area contributed by atoms with Gasteiger partial charge in [-0.05, 0) is 36.6 Å². The molecule has 1 aromatic carbocycles. The van der Waals surface area contributed by atoms with E-state index in [1.165, 1.54) is 29.4 Å². The summed E-state index contributed by atoms with van der Waals surface area (Å²) < 4.78 is 42.7. The fraction of sp³-hybridized carbons (Fsp3) is 0.400. The van der Waals surface area contributed by atoms with Crippen LogP contribution in [0.5, 0.6) is 0 Å². The minimum atomic E-state index is -4.36.